The topological polar surface area (TPSA) is 98.1 Å². The van der Waals surface area contributed by atoms with Gasteiger partial charge in [-0.25, -0.2) is 9.48 Å². The molecule has 0 unspecified atom stereocenters. The van der Waals surface area contributed by atoms with Crippen LogP contribution >= 0.6 is 12.4 Å². The lowest BCUT2D eigenvalue weighted by Crippen LogP contribution is -2.56. The van der Waals surface area contributed by atoms with Crippen molar-refractivity contribution in [1.29, 1.82) is 0 Å². The molecule has 2 fully saturated rings. The summed E-state index contributed by atoms with van der Waals surface area (Å²) in [5, 5.41) is 14.5. The van der Waals surface area contributed by atoms with E-state index in [1.165, 1.54) is 7.11 Å². The predicted molar refractivity (Wildman–Crippen MR) is 98.4 cm³/mol. The van der Waals surface area contributed by atoms with Crippen LogP contribution in [0.5, 0.6) is 0 Å². The lowest BCUT2D eigenvalue weighted by molar-refractivity contribution is -0.149. The van der Waals surface area contributed by atoms with Gasteiger partial charge >= 0.3 is 5.97 Å². The average molecular weight is 386 g/mol. The molecular weight excluding hydrogens is 358 g/mol. The number of ether oxygens (including phenoxy) is 1. The van der Waals surface area contributed by atoms with Crippen molar-refractivity contribution in [2.24, 2.45) is 0 Å². The standard InChI is InChI=1S/C17H27N5O3.ClH/c1-12-14(20-21-22(12)13-6-10-18-11-7-13)15(23)19-17(16(24)25-2)8-4-3-5-9-17;/h13,18H,3-11H2,1-2H3,(H,19,23);1H. The van der Waals surface area contributed by atoms with Crippen LogP contribution in [-0.2, 0) is 9.53 Å². The van der Waals surface area contributed by atoms with E-state index in [4.69, 9.17) is 4.74 Å². The lowest BCUT2D eigenvalue weighted by atomic mass is 9.81. The molecule has 0 bridgehead atoms. The molecule has 9 heteroatoms. The van der Waals surface area contributed by atoms with Crippen LogP contribution < -0.4 is 10.6 Å². The number of rotatable bonds is 4. The number of amides is 1. The van der Waals surface area contributed by atoms with E-state index >= 15 is 0 Å². The van der Waals surface area contributed by atoms with Crippen molar-refractivity contribution in [1.82, 2.24) is 25.6 Å². The maximum Gasteiger partial charge on any atom is 0.331 e. The first kappa shape index (κ1) is 20.6. The van der Waals surface area contributed by atoms with Gasteiger partial charge in [-0.2, -0.15) is 0 Å². The van der Waals surface area contributed by atoms with Gasteiger partial charge in [-0.3, -0.25) is 4.79 Å². The third kappa shape index (κ3) is 4.01. The zero-order valence-corrected chi connectivity index (χ0v) is 16.2. The minimum absolute atomic E-state index is 0. The molecule has 146 valence electrons. The number of nitrogens with zero attached hydrogens (tertiary/aromatic N) is 3. The number of halogens is 1. The molecule has 1 amide bonds. The van der Waals surface area contributed by atoms with Gasteiger partial charge in [-0.05, 0) is 45.7 Å². The number of hydrogen-bond donors (Lipinski definition) is 2. The molecule has 1 aliphatic carbocycles. The Morgan fingerprint density at radius 1 is 1.23 bits per heavy atom. The number of esters is 1. The Balaban J connectivity index is 0.00000243. The molecule has 1 aromatic heterocycles. The van der Waals surface area contributed by atoms with Gasteiger partial charge in [-0.1, -0.05) is 24.5 Å². The predicted octanol–water partition coefficient (Wildman–Crippen LogP) is 1.54. The zero-order chi connectivity index (χ0) is 17.9. The number of piperidine rings is 1. The molecule has 2 heterocycles. The molecule has 8 nitrogen and oxygen atoms in total. The summed E-state index contributed by atoms with van der Waals surface area (Å²) < 4.78 is 6.81. The van der Waals surface area contributed by atoms with Gasteiger partial charge in [-0.15, -0.1) is 17.5 Å². The van der Waals surface area contributed by atoms with Gasteiger partial charge < -0.3 is 15.4 Å². The third-order valence-corrected chi connectivity index (χ3v) is 5.43. The van der Waals surface area contributed by atoms with E-state index in [1.807, 2.05) is 11.6 Å². The number of aromatic nitrogens is 3. The van der Waals surface area contributed by atoms with Crippen molar-refractivity contribution in [3.63, 3.8) is 0 Å². The molecule has 0 atom stereocenters. The second kappa shape index (κ2) is 8.81. The molecule has 0 radical (unpaired) electrons. The maximum absolute atomic E-state index is 12.8. The SMILES string of the molecule is COC(=O)C1(NC(=O)c2nnn(C3CCNCC3)c2C)CCCCC1.Cl. The molecule has 2 aliphatic rings. The van der Waals surface area contributed by atoms with E-state index in [-0.39, 0.29) is 30.3 Å². The Morgan fingerprint density at radius 2 is 1.88 bits per heavy atom. The molecule has 0 spiro atoms. The Hall–Kier alpha value is -1.67. The normalized spacial score (nSPS) is 20.1. The van der Waals surface area contributed by atoms with E-state index in [1.54, 1.807) is 0 Å². The molecule has 0 aromatic carbocycles. The molecule has 1 aliphatic heterocycles. The van der Waals surface area contributed by atoms with E-state index in [9.17, 15) is 9.59 Å². The lowest BCUT2D eigenvalue weighted by Gasteiger charge is -2.35. The molecular formula is C17H28ClN5O3. The number of nitrogens with one attached hydrogen (secondary N) is 2. The number of carbonyl (C=O) groups excluding carboxylic acids is 2. The van der Waals surface area contributed by atoms with Crippen molar-refractivity contribution in [2.45, 2.75) is 63.5 Å². The fourth-order valence-electron chi connectivity index (χ4n) is 3.96. The summed E-state index contributed by atoms with van der Waals surface area (Å²) in [7, 11) is 1.36. The van der Waals surface area contributed by atoms with Crippen molar-refractivity contribution in [3.05, 3.63) is 11.4 Å². The third-order valence-electron chi connectivity index (χ3n) is 5.43. The zero-order valence-electron chi connectivity index (χ0n) is 15.4. The smallest absolute Gasteiger partial charge is 0.331 e. The first-order valence-corrected chi connectivity index (χ1v) is 9.11. The number of methoxy groups -OCH3 is 1. The van der Waals surface area contributed by atoms with Gasteiger partial charge in [0.15, 0.2) is 5.69 Å². The maximum atomic E-state index is 12.8. The van der Waals surface area contributed by atoms with Crippen LogP contribution in [0.3, 0.4) is 0 Å². The van der Waals surface area contributed by atoms with Gasteiger partial charge in [0.25, 0.3) is 5.91 Å². The van der Waals surface area contributed by atoms with Crippen molar-refractivity contribution in [2.75, 3.05) is 20.2 Å². The summed E-state index contributed by atoms with van der Waals surface area (Å²) in [5.41, 5.74) is 0.113. The van der Waals surface area contributed by atoms with Crippen LogP contribution in [-0.4, -0.2) is 52.6 Å². The van der Waals surface area contributed by atoms with Gasteiger partial charge in [0.1, 0.15) is 5.54 Å². The van der Waals surface area contributed by atoms with Crippen molar-refractivity contribution in [3.8, 4) is 0 Å². The van der Waals surface area contributed by atoms with E-state index in [0.717, 1.165) is 50.9 Å². The van der Waals surface area contributed by atoms with Crippen LogP contribution in [0.25, 0.3) is 0 Å². The van der Waals surface area contributed by atoms with Crippen LogP contribution in [0.4, 0.5) is 0 Å². The summed E-state index contributed by atoms with van der Waals surface area (Å²) in [6.45, 7) is 3.75. The van der Waals surface area contributed by atoms with E-state index in [0.29, 0.717) is 18.5 Å². The Kier molecular flexibility index (Phi) is 7.00. The Labute approximate surface area is 159 Å². The highest BCUT2D eigenvalue weighted by Gasteiger charge is 2.42. The first-order chi connectivity index (χ1) is 12.1. The first-order valence-electron chi connectivity index (χ1n) is 9.11. The van der Waals surface area contributed by atoms with E-state index in [2.05, 4.69) is 20.9 Å². The summed E-state index contributed by atoms with van der Waals surface area (Å²) in [6.07, 6.45) is 6.01. The quantitative estimate of drug-likeness (QED) is 0.763. The van der Waals surface area contributed by atoms with Crippen LogP contribution in [0.1, 0.15) is 67.2 Å². The highest BCUT2D eigenvalue weighted by atomic mass is 35.5. The average Bonchev–Trinajstić information content (AvgIpc) is 3.04. The molecule has 1 aromatic rings. The monoisotopic (exact) mass is 385 g/mol. The largest absolute Gasteiger partial charge is 0.467 e. The summed E-state index contributed by atoms with van der Waals surface area (Å²) >= 11 is 0. The molecule has 1 saturated carbocycles. The van der Waals surface area contributed by atoms with Gasteiger partial charge in [0.05, 0.1) is 18.8 Å². The highest BCUT2D eigenvalue weighted by molar-refractivity contribution is 5.97. The van der Waals surface area contributed by atoms with E-state index < -0.39 is 5.54 Å². The fourth-order valence-corrected chi connectivity index (χ4v) is 3.96. The summed E-state index contributed by atoms with van der Waals surface area (Å²) in [4.78, 5) is 25.1. The Bertz CT molecular complexity index is 636. The Morgan fingerprint density at radius 3 is 2.50 bits per heavy atom. The molecule has 26 heavy (non-hydrogen) atoms. The second-order valence-electron chi connectivity index (χ2n) is 7.04. The minimum atomic E-state index is -0.935. The fraction of sp³-hybridized carbons (Fsp3) is 0.765. The number of carbonyl (C=O) groups is 2. The summed E-state index contributed by atoms with van der Waals surface area (Å²) in [6, 6.07) is 0.263. The molecule has 2 N–H and O–H groups in total. The van der Waals surface area contributed by atoms with Crippen LogP contribution in [0.2, 0.25) is 0 Å². The van der Waals surface area contributed by atoms with Crippen molar-refractivity contribution < 1.29 is 14.3 Å². The van der Waals surface area contributed by atoms with Crippen LogP contribution in [0.15, 0.2) is 0 Å². The minimum Gasteiger partial charge on any atom is -0.467 e. The van der Waals surface area contributed by atoms with Gasteiger partial charge in [0.2, 0.25) is 0 Å². The van der Waals surface area contributed by atoms with Crippen LogP contribution in [0, 0.1) is 6.92 Å². The van der Waals surface area contributed by atoms with Crippen molar-refractivity contribution >= 4 is 24.3 Å². The van der Waals surface area contributed by atoms with Gasteiger partial charge in [0, 0.05) is 0 Å². The molecule has 1 saturated heterocycles. The summed E-state index contributed by atoms with van der Waals surface area (Å²) in [5.74, 6) is -0.714. The number of hydrogen-bond acceptors (Lipinski definition) is 6. The second-order valence-corrected chi connectivity index (χ2v) is 7.04. The highest BCUT2D eigenvalue weighted by Crippen LogP contribution is 2.30. The molecule has 3 rings (SSSR count).